The van der Waals surface area contributed by atoms with Gasteiger partial charge < -0.3 is 0 Å². The van der Waals surface area contributed by atoms with Gasteiger partial charge in [0.25, 0.3) is 0 Å². The van der Waals surface area contributed by atoms with Crippen LogP contribution in [0, 0.1) is 0 Å². The molecule has 0 aliphatic carbocycles. The number of Topliss-reactive ketones (excluding diaryl/α,β-unsaturated/α-hetero) is 1. The van der Waals surface area contributed by atoms with Crippen molar-refractivity contribution < 1.29 is 4.79 Å². The van der Waals surface area contributed by atoms with Gasteiger partial charge in [-0.25, -0.2) is 0 Å². The van der Waals surface area contributed by atoms with Crippen molar-refractivity contribution in [3.8, 4) is 0 Å². The van der Waals surface area contributed by atoms with E-state index in [0.29, 0.717) is 5.78 Å². The summed E-state index contributed by atoms with van der Waals surface area (Å²) in [5, 5.41) is 0. The van der Waals surface area contributed by atoms with Crippen LogP contribution in [0.15, 0.2) is 0 Å². The van der Waals surface area contributed by atoms with E-state index in [0.717, 1.165) is 39.0 Å². The van der Waals surface area contributed by atoms with Crippen LogP contribution in [0.25, 0.3) is 0 Å². The predicted molar refractivity (Wildman–Crippen MR) is 74.6 cm³/mol. The Hall–Kier alpha value is -0.410. The fraction of sp³-hybridized carbons (Fsp3) is 0.933. The average Bonchev–Trinajstić information content (AvgIpc) is 3.03. The highest BCUT2D eigenvalue weighted by molar-refractivity contribution is 5.83. The van der Waals surface area contributed by atoms with Gasteiger partial charge in [0.05, 0.1) is 0 Å². The Balaban J connectivity index is 1.92. The molecule has 0 aromatic rings. The van der Waals surface area contributed by atoms with Gasteiger partial charge in [-0.2, -0.15) is 0 Å². The minimum atomic E-state index is 0.117. The van der Waals surface area contributed by atoms with Gasteiger partial charge in [0, 0.05) is 32.6 Å². The maximum absolute atomic E-state index is 12.5. The van der Waals surface area contributed by atoms with Crippen LogP contribution in [0.3, 0.4) is 0 Å². The Kier molecular flexibility index (Phi) is 5.64. The molecule has 0 unspecified atom stereocenters. The summed E-state index contributed by atoms with van der Waals surface area (Å²) in [7, 11) is 0. The van der Waals surface area contributed by atoms with Crippen molar-refractivity contribution in [1.29, 1.82) is 0 Å². The Morgan fingerprint density at radius 2 is 1.44 bits per heavy atom. The van der Waals surface area contributed by atoms with E-state index in [1.807, 2.05) is 0 Å². The molecule has 3 heteroatoms. The van der Waals surface area contributed by atoms with Gasteiger partial charge in [0.1, 0.15) is 6.17 Å². The number of carbonyl (C=O) groups is 1. The van der Waals surface area contributed by atoms with E-state index >= 15 is 0 Å². The van der Waals surface area contributed by atoms with E-state index in [1.165, 1.54) is 38.5 Å². The minimum absolute atomic E-state index is 0.117. The molecule has 0 bridgehead atoms. The fourth-order valence-electron chi connectivity index (χ4n) is 3.29. The summed E-state index contributed by atoms with van der Waals surface area (Å²) in [5.74, 6) is 0.479. The van der Waals surface area contributed by atoms with Crippen LogP contribution in [0.4, 0.5) is 0 Å². The van der Waals surface area contributed by atoms with Crippen LogP contribution in [0.2, 0.25) is 0 Å². The molecule has 0 amide bonds. The standard InChI is InChI=1S/C15H28N2O/c1-2-3-4-9-14(18)15(16-10-5-6-11-16)17-12-7-8-13-17/h15H,2-13H2,1H3. The van der Waals surface area contributed by atoms with E-state index in [-0.39, 0.29) is 6.17 Å². The fourth-order valence-corrected chi connectivity index (χ4v) is 3.29. The van der Waals surface area contributed by atoms with Crippen LogP contribution in [-0.2, 0) is 4.79 Å². The summed E-state index contributed by atoms with van der Waals surface area (Å²) in [6.07, 6.45) is 9.45. The highest BCUT2D eigenvalue weighted by Gasteiger charge is 2.33. The second-order valence-electron chi connectivity index (χ2n) is 5.78. The van der Waals surface area contributed by atoms with Gasteiger partial charge >= 0.3 is 0 Å². The van der Waals surface area contributed by atoms with E-state index in [4.69, 9.17) is 0 Å². The van der Waals surface area contributed by atoms with Gasteiger partial charge in [0.2, 0.25) is 0 Å². The van der Waals surface area contributed by atoms with Crippen molar-refractivity contribution in [3.63, 3.8) is 0 Å². The van der Waals surface area contributed by atoms with Crippen LogP contribution < -0.4 is 0 Å². The molecule has 0 aromatic heterocycles. The molecule has 3 nitrogen and oxygen atoms in total. The Bertz CT molecular complexity index is 239. The first kappa shape index (κ1) is 14.0. The summed E-state index contributed by atoms with van der Waals surface area (Å²) in [4.78, 5) is 17.4. The minimum Gasteiger partial charge on any atom is -0.296 e. The van der Waals surface area contributed by atoms with Crippen LogP contribution in [0.5, 0.6) is 0 Å². The molecule has 2 rings (SSSR count). The molecule has 0 radical (unpaired) electrons. The molecule has 0 saturated carbocycles. The van der Waals surface area contributed by atoms with Crippen molar-refractivity contribution in [2.24, 2.45) is 0 Å². The number of carbonyl (C=O) groups excluding carboxylic acids is 1. The topological polar surface area (TPSA) is 23.6 Å². The third kappa shape index (κ3) is 3.55. The number of nitrogens with zero attached hydrogens (tertiary/aromatic N) is 2. The maximum Gasteiger partial charge on any atom is 0.164 e. The molecule has 0 N–H and O–H groups in total. The van der Waals surface area contributed by atoms with Crippen molar-refractivity contribution >= 4 is 5.78 Å². The number of unbranched alkanes of at least 4 members (excludes halogenated alkanes) is 2. The smallest absolute Gasteiger partial charge is 0.164 e. The molecule has 2 saturated heterocycles. The number of ketones is 1. The summed E-state index contributed by atoms with van der Waals surface area (Å²) in [5.41, 5.74) is 0. The first-order chi connectivity index (χ1) is 8.83. The lowest BCUT2D eigenvalue weighted by atomic mass is 10.1. The van der Waals surface area contributed by atoms with Crippen LogP contribution >= 0.6 is 0 Å². The molecule has 104 valence electrons. The van der Waals surface area contributed by atoms with Gasteiger partial charge in [0.15, 0.2) is 5.78 Å². The van der Waals surface area contributed by atoms with Crippen molar-refractivity contribution in [2.45, 2.75) is 64.5 Å². The largest absolute Gasteiger partial charge is 0.296 e. The highest BCUT2D eigenvalue weighted by atomic mass is 16.1. The normalized spacial score (nSPS) is 22.1. The summed E-state index contributed by atoms with van der Waals surface area (Å²) < 4.78 is 0. The molecule has 2 aliphatic heterocycles. The molecule has 2 fully saturated rings. The van der Waals surface area contributed by atoms with E-state index in [2.05, 4.69) is 16.7 Å². The third-order valence-corrected chi connectivity index (χ3v) is 4.29. The molecule has 18 heavy (non-hydrogen) atoms. The monoisotopic (exact) mass is 252 g/mol. The van der Waals surface area contributed by atoms with Gasteiger partial charge in [-0.15, -0.1) is 0 Å². The van der Waals surface area contributed by atoms with Gasteiger partial charge in [-0.05, 0) is 32.1 Å². The number of likely N-dealkylation sites (tertiary alicyclic amines) is 2. The van der Waals surface area contributed by atoms with E-state index in [1.54, 1.807) is 0 Å². The average molecular weight is 252 g/mol. The third-order valence-electron chi connectivity index (χ3n) is 4.29. The zero-order valence-electron chi connectivity index (χ0n) is 11.9. The van der Waals surface area contributed by atoms with Crippen molar-refractivity contribution in [1.82, 2.24) is 9.80 Å². The first-order valence-corrected chi connectivity index (χ1v) is 7.83. The summed E-state index contributed by atoms with van der Waals surface area (Å²) in [6, 6.07) is 0. The summed E-state index contributed by atoms with van der Waals surface area (Å²) >= 11 is 0. The Morgan fingerprint density at radius 1 is 0.944 bits per heavy atom. The quantitative estimate of drug-likeness (QED) is 0.651. The molecule has 0 spiro atoms. The first-order valence-electron chi connectivity index (χ1n) is 7.83. The Labute approximate surface area is 112 Å². The lowest BCUT2D eigenvalue weighted by Gasteiger charge is -2.34. The summed E-state index contributed by atoms with van der Waals surface area (Å²) in [6.45, 7) is 6.70. The molecule has 2 heterocycles. The van der Waals surface area contributed by atoms with Crippen LogP contribution in [0.1, 0.15) is 58.3 Å². The zero-order valence-corrected chi connectivity index (χ0v) is 11.9. The van der Waals surface area contributed by atoms with E-state index in [9.17, 15) is 4.79 Å². The molecule has 0 atom stereocenters. The van der Waals surface area contributed by atoms with Crippen molar-refractivity contribution in [2.75, 3.05) is 26.2 Å². The molecule has 2 aliphatic rings. The SMILES string of the molecule is CCCCCC(=O)C(N1CCCC1)N1CCCC1. The van der Waals surface area contributed by atoms with Gasteiger partial charge in [-0.3, -0.25) is 14.6 Å². The highest BCUT2D eigenvalue weighted by Crippen LogP contribution is 2.21. The molecule has 0 aromatic carbocycles. The number of hydrogen-bond donors (Lipinski definition) is 0. The maximum atomic E-state index is 12.5. The Morgan fingerprint density at radius 3 is 1.89 bits per heavy atom. The zero-order chi connectivity index (χ0) is 12.8. The van der Waals surface area contributed by atoms with E-state index < -0.39 is 0 Å². The lowest BCUT2D eigenvalue weighted by Crippen LogP contribution is -2.51. The second-order valence-corrected chi connectivity index (χ2v) is 5.78. The predicted octanol–water partition coefficient (Wildman–Crippen LogP) is 2.65. The van der Waals surface area contributed by atoms with Crippen molar-refractivity contribution in [3.05, 3.63) is 0 Å². The lowest BCUT2D eigenvalue weighted by molar-refractivity contribution is -0.130. The number of rotatable bonds is 7. The van der Waals surface area contributed by atoms with Gasteiger partial charge in [-0.1, -0.05) is 19.8 Å². The number of hydrogen-bond acceptors (Lipinski definition) is 3. The molecular formula is C15H28N2O. The molecular weight excluding hydrogens is 224 g/mol. The second kappa shape index (κ2) is 7.25. The van der Waals surface area contributed by atoms with Crippen LogP contribution in [-0.4, -0.2) is 47.9 Å².